The summed E-state index contributed by atoms with van der Waals surface area (Å²) < 4.78 is 12.1. The second-order valence-corrected chi connectivity index (χ2v) is 6.71. The molecule has 2 heterocycles. The number of carbonyl (C=O) groups is 2. The van der Waals surface area contributed by atoms with Gasteiger partial charge in [-0.2, -0.15) is 0 Å². The zero-order valence-electron chi connectivity index (χ0n) is 14.9. The van der Waals surface area contributed by atoms with Gasteiger partial charge < -0.3 is 19.4 Å². The third-order valence-corrected chi connectivity index (χ3v) is 4.58. The summed E-state index contributed by atoms with van der Waals surface area (Å²) in [6.07, 6.45) is 1.88. The Balaban J connectivity index is 1.64. The van der Waals surface area contributed by atoms with E-state index in [0.29, 0.717) is 30.3 Å². The first kappa shape index (κ1) is 18.7. The van der Waals surface area contributed by atoms with Crippen molar-refractivity contribution in [3.63, 3.8) is 0 Å². The average molecular weight is 384 g/mol. The van der Waals surface area contributed by atoms with Gasteiger partial charge in [-0.15, -0.1) is 11.3 Å². The Morgan fingerprint density at radius 1 is 1.15 bits per heavy atom. The van der Waals surface area contributed by atoms with Gasteiger partial charge in [0.2, 0.25) is 0 Å². The smallest absolute Gasteiger partial charge is 0.344 e. The van der Waals surface area contributed by atoms with Gasteiger partial charge >= 0.3 is 5.97 Å². The number of rotatable bonds is 8. The number of hydrogen-bond acceptors (Lipinski definition) is 5. The highest BCUT2D eigenvalue weighted by molar-refractivity contribution is 7.09. The van der Waals surface area contributed by atoms with Gasteiger partial charge in [-0.05, 0) is 42.6 Å². The number of aromatic nitrogens is 1. The van der Waals surface area contributed by atoms with E-state index >= 15 is 0 Å². The molecule has 0 aliphatic heterocycles. The molecule has 3 rings (SSSR count). The van der Waals surface area contributed by atoms with E-state index in [1.807, 2.05) is 34.3 Å². The molecule has 3 aromatic rings. The maximum atomic E-state index is 12.6. The lowest BCUT2D eigenvalue weighted by molar-refractivity contribution is -0.145. The molecule has 0 atom stereocenters. The molecule has 27 heavy (non-hydrogen) atoms. The Morgan fingerprint density at radius 2 is 2.04 bits per heavy atom. The molecule has 1 aromatic carbocycles. The van der Waals surface area contributed by atoms with Gasteiger partial charge in [0.05, 0.1) is 13.2 Å². The zero-order valence-corrected chi connectivity index (χ0v) is 15.7. The summed E-state index contributed by atoms with van der Waals surface area (Å²) in [6, 6.07) is 14.6. The van der Waals surface area contributed by atoms with Gasteiger partial charge in [-0.1, -0.05) is 12.1 Å². The molecule has 0 fully saturated rings. The summed E-state index contributed by atoms with van der Waals surface area (Å²) in [6.45, 7) is 2.52. The van der Waals surface area contributed by atoms with E-state index in [9.17, 15) is 9.59 Å². The molecule has 1 N–H and O–H groups in total. The van der Waals surface area contributed by atoms with E-state index in [-0.39, 0.29) is 12.5 Å². The molecule has 1 amide bonds. The highest BCUT2D eigenvalue weighted by Crippen LogP contribution is 2.19. The molecule has 0 bridgehead atoms. The molecule has 0 unspecified atom stereocenters. The van der Waals surface area contributed by atoms with Crippen LogP contribution in [0.4, 0.5) is 5.69 Å². The molecule has 0 saturated heterocycles. The fourth-order valence-electron chi connectivity index (χ4n) is 2.53. The quantitative estimate of drug-likeness (QED) is 0.600. The zero-order chi connectivity index (χ0) is 19.1. The average Bonchev–Trinajstić information content (AvgIpc) is 3.33. The van der Waals surface area contributed by atoms with Crippen molar-refractivity contribution in [1.29, 1.82) is 0 Å². The largest absolute Gasteiger partial charge is 0.482 e. The van der Waals surface area contributed by atoms with Crippen molar-refractivity contribution in [1.82, 2.24) is 4.57 Å². The number of benzene rings is 1. The van der Waals surface area contributed by atoms with Gasteiger partial charge in [-0.25, -0.2) is 4.79 Å². The third-order valence-electron chi connectivity index (χ3n) is 3.72. The lowest BCUT2D eigenvalue weighted by Gasteiger charge is -2.11. The van der Waals surface area contributed by atoms with Crippen molar-refractivity contribution < 1.29 is 19.1 Å². The van der Waals surface area contributed by atoms with Crippen LogP contribution in [0.25, 0.3) is 0 Å². The third kappa shape index (κ3) is 5.21. The molecule has 7 heteroatoms. The Labute approximate surface area is 161 Å². The predicted molar refractivity (Wildman–Crippen MR) is 104 cm³/mol. The Bertz CT molecular complexity index is 902. The molecule has 0 aliphatic rings. The highest BCUT2D eigenvalue weighted by Gasteiger charge is 2.12. The van der Waals surface area contributed by atoms with Gasteiger partial charge in [0.1, 0.15) is 11.4 Å². The number of hydrogen-bond donors (Lipinski definition) is 1. The van der Waals surface area contributed by atoms with E-state index in [1.54, 1.807) is 48.6 Å². The van der Waals surface area contributed by atoms with Crippen LogP contribution in [0.3, 0.4) is 0 Å². The predicted octanol–water partition coefficient (Wildman–Crippen LogP) is 3.79. The summed E-state index contributed by atoms with van der Waals surface area (Å²) in [5, 5.41) is 4.88. The van der Waals surface area contributed by atoms with E-state index in [1.165, 1.54) is 4.88 Å². The monoisotopic (exact) mass is 384 g/mol. The van der Waals surface area contributed by atoms with Crippen molar-refractivity contribution in [3.05, 3.63) is 70.7 Å². The van der Waals surface area contributed by atoms with Crippen molar-refractivity contribution in [2.75, 3.05) is 18.5 Å². The van der Waals surface area contributed by atoms with Crippen LogP contribution in [0.5, 0.6) is 5.75 Å². The standard InChI is InChI=1S/C20H20N2O4S/c1-2-25-19(23)14-26-16-7-3-6-15(12-16)21-20(24)18-9-4-10-22(18)13-17-8-5-11-27-17/h3-12H,2,13-14H2,1H3,(H,21,24). The summed E-state index contributed by atoms with van der Waals surface area (Å²) in [7, 11) is 0. The van der Waals surface area contributed by atoms with Crippen LogP contribution in [-0.2, 0) is 16.1 Å². The van der Waals surface area contributed by atoms with Crippen LogP contribution in [0.1, 0.15) is 22.3 Å². The van der Waals surface area contributed by atoms with Crippen LogP contribution in [0.15, 0.2) is 60.1 Å². The molecule has 6 nitrogen and oxygen atoms in total. The molecular weight excluding hydrogens is 364 g/mol. The summed E-state index contributed by atoms with van der Waals surface area (Å²) in [5.74, 6) is -0.160. The number of carbonyl (C=O) groups excluding carboxylic acids is 2. The number of anilines is 1. The fraction of sp³-hybridized carbons (Fsp3) is 0.200. The van der Waals surface area contributed by atoms with Crippen LogP contribution in [0.2, 0.25) is 0 Å². The number of thiophene rings is 1. The molecule has 140 valence electrons. The first-order valence-electron chi connectivity index (χ1n) is 8.53. The van der Waals surface area contributed by atoms with E-state index in [4.69, 9.17) is 9.47 Å². The van der Waals surface area contributed by atoms with Gasteiger partial charge in [0.25, 0.3) is 5.91 Å². The maximum absolute atomic E-state index is 12.6. The summed E-state index contributed by atoms with van der Waals surface area (Å²) in [5.41, 5.74) is 1.16. The van der Waals surface area contributed by atoms with Crippen molar-refractivity contribution in [2.45, 2.75) is 13.5 Å². The second kappa shape index (κ2) is 9.05. The molecule has 0 saturated carbocycles. The lowest BCUT2D eigenvalue weighted by atomic mass is 10.3. The molecule has 0 spiro atoms. The van der Waals surface area contributed by atoms with Crippen LogP contribution in [0, 0.1) is 0 Å². The first-order valence-corrected chi connectivity index (χ1v) is 9.41. The Hall–Kier alpha value is -3.06. The van der Waals surface area contributed by atoms with E-state index in [2.05, 4.69) is 5.32 Å². The molecule has 2 aromatic heterocycles. The minimum atomic E-state index is -0.432. The Morgan fingerprint density at radius 3 is 2.81 bits per heavy atom. The molecule has 0 radical (unpaired) electrons. The number of nitrogens with one attached hydrogen (secondary N) is 1. The number of ether oxygens (including phenoxy) is 2. The van der Waals surface area contributed by atoms with E-state index in [0.717, 1.165) is 0 Å². The summed E-state index contributed by atoms with van der Waals surface area (Å²) >= 11 is 1.65. The fourth-order valence-corrected chi connectivity index (χ4v) is 3.23. The second-order valence-electron chi connectivity index (χ2n) is 5.68. The lowest BCUT2D eigenvalue weighted by Crippen LogP contribution is -2.17. The maximum Gasteiger partial charge on any atom is 0.344 e. The highest BCUT2D eigenvalue weighted by atomic mass is 32.1. The Kier molecular flexibility index (Phi) is 6.27. The number of esters is 1. The molecular formula is C20H20N2O4S. The van der Waals surface area contributed by atoms with Crippen LogP contribution >= 0.6 is 11.3 Å². The van der Waals surface area contributed by atoms with Crippen molar-refractivity contribution >= 4 is 28.9 Å². The SMILES string of the molecule is CCOC(=O)COc1cccc(NC(=O)c2cccn2Cc2cccs2)c1. The summed E-state index contributed by atoms with van der Waals surface area (Å²) in [4.78, 5) is 25.2. The van der Waals surface area contributed by atoms with Gasteiger partial charge in [0, 0.05) is 22.8 Å². The first-order chi connectivity index (χ1) is 13.2. The van der Waals surface area contributed by atoms with E-state index < -0.39 is 5.97 Å². The number of amides is 1. The van der Waals surface area contributed by atoms with Crippen molar-refractivity contribution in [3.8, 4) is 5.75 Å². The number of nitrogens with zero attached hydrogens (tertiary/aromatic N) is 1. The van der Waals surface area contributed by atoms with Crippen LogP contribution in [-0.4, -0.2) is 29.7 Å². The van der Waals surface area contributed by atoms with Gasteiger partial charge in [-0.3, -0.25) is 4.79 Å². The van der Waals surface area contributed by atoms with Crippen molar-refractivity contribution in [2.24, 2.45) is 0 Å². The van der Waals surface area contributed by atoms with Gasteiger partial charge in [0.15, 0.2) is 6.61 Å². The minimum Gasteiger partial charge on any atom is -0.482 e. The van der Waals surface area contributed by atoms with Crippen LogP contribution < -0.4 is 10.1 Å². The topological polar surface area (TPSA) is 69.6 Å². The normalized spacial score (nSPS) is 10.4. The minimum absolute atomic E-state index is 0.172. The molecule has 0 aliphatic carbocycles.